The second kappa shape index (κ2) is 6.57. The van der Waals surface area contributed by atoms with Crippen molar-refractivity contribution in [1.82, 2.24) is 10.3 Å². The zero-order chi connectivity index (χ0) is 14.6. The summed E-state index contributed by atoms with van der Waals surface area (Å²) in [6, 6.07) is 0. The molecule has 0 bridgehead atoms. The van der Waals surface area contributed by atoms with Gasteiger partial charge in [-0.2, -0.15) is 0 Å². The Kier molecular flexibility index (Phi) is 5.03. The third-order valence-electron chi connectivity index (χ3n) is 4.76. The first-order valence-corrected chi connectivity index (χ1v) is 7.75. The third-order valence-corrected chi connectivity index (χ3v) is 4.76. The van der Waals surface area contributed by atoms with Crippen molar-refractivity contribution in [1.29, 1.82) is 0 Å². The van der Waals surface area contributed by atoms with Crippen LogP contribution in [0.25, 0.3) is 0 Å². The van der Waals surface area contributed by atoms with Gasteiger partial charge in [-0.25, -0.2) is 0 Å². The van der Waals surface area contributed by atoms with Gasteiger partial charge in [0.2, 0.25) is 0 Å². The summed E-state index contributed by atoms with van der Waals surface area (Å²) in [5.74, 6) is 1.01. The first-order chi connectivity index (χ1) is 9.62. The first kappa shape index (κ1) is 15.3. The number of methoxy groups -OCH3 is 1. The smallest absolute Gasteiger partial charge is 0.128 e. The van der Waals surface area contributed by atoms with Crippen LogP contribution in [0.5, 0.6) is 5.75 Å². The van der Waals surface area contributed by atoms with E-state index in [1.807, 2.05) is 6.20 Å². The highest BCUT2D eigenvalue weighted by Crippen LogP contribution is 2.40. The maximum atomic E-state index is 5.54. The molecule has 0 aliphatic heterocycles. The highest BCUT2D eigenvalue weighted by molar-refractivity contribution is 5.41. The average Bonchev–Trinajstić information content (AvgIpc) is 2.44. The largest absolute Gasteiger partial charge is 0.496 e. The van der Waals surface area contributed by atoms with Crippen LogP contribution in [0.15, 0.2) is 6.20 Å². The lowest BCUT2D eigenvalue weighted by Crippen LogP contribution is -2.37. The fourth-order valence-corrected chi connectivity index (χ4v) is 3.70. The summed E-state index contributed by atoms with van der Waals surface area (Å²) in [4.78, 5) is 4.70. The maximum Gasteiger partial charge on any atom is 0.128 e. The molecule has 1 fully saturated rings. The number of aryl methyl sites for hydroxylation is 1. The highest BCUT2D eigenvalue weighted by Gasteiger charge is 2.32. The van der Waals surface area contributed by atoms with Crippen molar-refractivity contribution in [3.8, 4) is 5.75 Å². The molecule has 0 radical (unpaired) electrons. The summed E-state index contributed by atoms with van der Waals surface area (Å²) in [6.07, 6.45) is 9.73. The molecule has 1 aromatic rings. The molecule has 3 heteroatoms. The van der Waals surface area contributed by atoms with E-state index < -0.39 is 0 Å². The van der Waals surface area contributed by atoms with Crippen LogP contribution in [0.4, 0.5) is 0 Å². The SMILES string of the molecule is CNCC1(Cc2ncc(C)c(OC)c2C)CCCCC1. The Balaban J connectivity index is 2.26. The predicted molar refractivity (Wildman–Crippen MR) is 83.4 cm³/mol. The Labute approximate surface area is 123 Å². The fourth-order valence-electron chi connectivity index (χ4n) is 3.70. The van der Waals surface area contributed by atoms with Gasteiger partial charge in [-0.1, -0.05) is 19.3 Å². The third kappa shape index (κ3) is 3.14. The number of nitrogens with one attached hydrogen (secondary N) is 1. The summed E-state index contributed by atoms with van der Waals surface area (Å²) >= 11 is 0. The summed E-state index contributed by atoms with van der Waals surface area (Å²) < 4.78 is 5.54. The first-order valence-electron chi connectivity index (χ1n) is 7.75. The molecule has 1 aliphatic carbocycles. The van der Waals surface area contributed by atoms with Crippen molar-refractivity contribution >= 4 is 0 Å². The Bertz CT molecular complexity index is 445. The van der Waals surface area contributed by atoms with Crippen LogP contribution in [-0.2, 0) is 6.42 Å². The van der Waals surface area contributed by atoms with E-state index in [9.17, 15) is 0 Å². The molecule has 1 heterocycles. The monoisotopic (exact) mass is 276 g/mol. The molecule has 2 rings (SSSR count). The zero-order valence-electron chi connectivity index (χ0n) is 13.4. The molecule has 0 unspecified atom stereocenters. The molecule has 0 atom stereocenters. The topological polar surface area (TPSA) is 34.2 Å². The van der Waals surface area contributed by atoms with Gasteiger partial charge in [-0.3, -0.25) is 4.98 Å². The molecule has 0 amide bonds. The van der Waals surface area contributed by atoms with Gasteiger partial charge in [0.25, 0.3) is 0 Å². The van der Waals surface area contributed by atoms with Crippen molar-refractivity contribution in [2.75, 3.05) is 20.7 Å². The van der Waals surface area contributed by atoms with E-state index in [1.54, 1.807) is 7.11 Å². The zero-order valence-corrected chi connectivity index (χ0v) is 13.4. The molecule has 1 saturated carbocycles. The van der Waals surface area contributed by atoms with E-state index in [1.165, 1.54) is 43.4 Å². The minimum absolute atomic E-state index is 0.380. The summed E-state index contributed by atoms with van der Waals surface area (Å²) in [5, 5.41) is 3.40. The van der Waals surface area contributed by atoms with Crippen LogP contribution in [0.3, 0.4) is 0 Å². The van der Waals surface area contributed by atoms with E-state index in [-0.39, 0.29) is 0 Å². The number of pyridine rings is 1. The lowest BCUT2D eigenvalue weighted by molar-refractivity contribution is 0.182. The average molecular weight is 276 g/mol. The molecular weight excluding hydrogens is 248 g/mol. The number of hydrogen-bond donors (Lipinski definition) is 1. The number of nitrogens with zero attached hydrogens (tertiary/aromatic N) is 1. The molecule has 0 aromatic carbocycles. The minimum Gasteiger partial charge on any atom is -0.496 e. The normalized spacial score (nSPS) is 18.0. The molecule has 3 nitrogen and oxygen atoms in total. The van der Waals surface area contributed by atoms with Gasteiger partial charge in [-0.05, 0) is 45.6 Å². The van der Waals surface area contributed by atoms with Gasteiger partial charge in [0.1, 0.15) is 5.75 Å². The van der Waals surface area contributed by atoms with Crippen LogP contribution in [0, 0.1) is 19.3 Å². The quantitative estimate of drug-likeness (QED) is 0.895. The second-order valence-electron chi connectivity index (χ2n) is 6.31. The lowest BCUT2D eigenvalue weighted by atomic mass is 9.70. The number of hydrogen-bond acceptors (Lipinski definition) is 3. The highest BCUT2D eigenvalue weighted by atomic mass is 16.5. The lowest BCUT2D eigenvalue weighted by Gasteiger charge is -2.37. The van der Waals surface area contributed by atoms with Crippen molar-refractivity contribution in [3.63, 3.8) is 0 Å². The van der Waals surface area contributed by atoms with Crippen LogP contribution < -0.4 is 10.1 Å². The van der Waals surface area contributed by atoms with Crippen molar-refractivity contribution in [2.24, 2.45) is 5.41 Å². The molecule has 20 heavy (non-hydrogen) atoms. The van der Waals surface area contributed by atoms with Crippen molar-refractivity contribution in [2.45, 2.75) is 52.4 Å². The molecule has 0 saturated heterocycles. The minimum atomic E-state index is 0.380. The van der Waals surface area contributed by atoms with E-state index >= 15 is 0 Å². The number of rotatable bonds is 5. The Morgan fingerprint density at radius 1 is 1.25 bits per heavy atom. The molecule has 1 aliphatic rings. The molecular formula is C17H28N2O. The number of ether oxygens (including phenoxy) is 1. The van der Waals surface area contributed by atoms with Crippen molar-refractivity contribution in [3.05, 3.63) is 23.0 Å². The maximum absolute atomic E-state index is 5.54. The van der Waals surface area contributed by atoms with Gasteiger partial charge in [0.05, 0.1) is 7.11 Å². The van der Waals surface area contributed by atoms with E-state index in [2.05, 4.69) is 26.2 Å². The van der Waals surface area contributed by atoms with Crippen LogP contribution >= 0.6 is 0 Å². The van der Waals surface area contributed by atoms with E-state index in [4.69, 9.17) is 9.72 Å². The molecule has 112 valence electrons. The van der Waals surface area contributed by atoms with Crippen molar-refractivity contribution < 1.29 is 4.74 Å². The summed E-state index contributed by atoms with van der Waals surface area (Å²) in [7, 11) is 3.81. The summed E-state index contributed by atoms with van der Waals surface area (Å²) in [6.45, 7) is 5.29. The van der Waals surface area contributed by atoms with E-state index in [0.29, 0.717) is 5.41 Å². The molecule has 1 aromatic heterocycles. The predicted octanol–water partition coefficient (Wildman–Crippen LogP) is 3.42. The van der Waals surface area contributed by atoms with Gasteiger partial charge in [0, 0.05) is 29.6 Å². The van der Waals surface area contributed by atoms with Gasteiger partial charge >= 0.3 is 0 Å². The van der Waals surface area contributed by atoms with Crippen LogP contribution in [0.2, 0.25) is 0 Å². The Morgan fingerprint density at radius 2 is 1.95 bits per heavy atom. The van der Waals surface area contributed by atoms with E-state index in [0.717, 1.165) is 24.3 Å². The van der Waals surface area contributed by atoms with Gasteiger partial charge in [0.15, 0.2) is 0 Å². The Hall–Kier alpha value is -1.09. The van der Waals surface area contributed by atoms with Crippen LogP contribution in [-0.4, -0.2) is 25.7 Å². The van der Waals surface area contributed by atoms with Crippen LogP contribution in [0.1, 0.15) is 48.9 Å². The standard InChI is InChI=1S/C17H28N2O/c1-13-11-19-15(14(2)16(13)20-4)10-17(12-18-3)8-6-5-7-9-17/h11,18H,5-10,12H2,1-4H3. The molecule has 0 spiro atoms. The van der Waals surface area contributed by atoms with Gasteiger partial charge < -0.3 is 10.1 Å². The second-order valence-corrected chi connectivity index (χ2v) is 6.31. The Morgan fingerprint density at radius 3 is 2.55 bits per heavy atom. The number of aromatic nitrogens is 1. The summed E-state index contributed by atoms with van der Waals surface area (Å²) in [5.41, 5.74) is 3.93. The molecule has 1 N–H and O–H groups in total. The fraction of sp³-hybridized carbons (Fsp3) is 0.706. The van der Waals surface area contributed by atoms with Gasteiger partial charge in [-0.15, -0.1) is 0 Å².